The first-order valence-electron chi connectivity index (χ1n) is 6.58. The van der Waals surface area contributed by atoms with Crippen LogP contribution in [0.4, 0.5) is 0 Å². The summed E-state index contributed by atoms with van der Waals surface area (Å²) in [4.78, 5) is 9.22. The molecule has 4 heteroatoms. The molecule has 0 spiro atoms. The van der Waals surface area contributed by atoms with Gasteiger partial charge in [-0.15, -0.1) is 11.6 Å². The smallest absolute Gasteiger partial charge is 0.164 e. The summed E-state index contributed by atoms with van der Waals surface area (Å²) in [5.74, 6) is 1.19. The topological polar surface area (TPSA) is 30.7 Å². The van der Waals surface area contributed by atoms with Gasteiger partial charge in [-0.25, -0.2) is 9.97 Å². The maximum atomic E-state index is 6.07. The van der Waals surface area contributed by atoms with E-state index < -0.39 is 0 Å². The Morgan fingerprint density at radius 3 is 2.60 bits per heavy atom. The number of aryl methyl sites for hydroxylation is 3. The van der Waals surface area contributed by atoms with Crippen molar-refractivity contribution >= 4 is 22.8 Å². The molecular formula is C16H16ClN3. The predicted octanol–water partition coefficient (Wildman–Crippen LogP) is 4.08. The van der Waals surface area contributed by atoms with Crippen LogP contribution in [0, 0.1) is 20.8 Å². The average molecular weight is 286 g/mol. The molecule has 0 aliphatic heterocycles. The van der Waals surface area contributed by atoms with E-state index in [1.165, 1.54) is 11.1 Å². The normalized spacial score (nSPS) is 11.2. The number of aromatic nitrogens is 3. The molecule has 3 rings (SSSR count). The van der Waals surface area contributed by atoms with Gasteiger partial charge in [0.05, 0.1) is 11.6 Å². The molecule has 0 amide bonds. The molecule has 0 unspecified atom stereocenters. The second kappa shape index (κ2) is 4.91. The number of pyridine rings is 1. The van der Waals surface area contributed by atoms with Crippen molar-refractivity contribution < 1.29 is 0 Å². The fourth-order valence-corrected chi connectivity index (χ4v) is 2.58. The third kappa shape index (κ3) is 2.08. The Morgan fingerprint density at radius 1 is 1.05 bits per heavy atom. The van der Waals surface area contributed by atoms with E-state index in [4.69, 9.17) is 11.6 Å². The van der Waals surface area contributed by atoms with Gasteiger partial charge in [0.2, 0.25) is 0 Å². The highest BCUT2D eigenvalue weighted by atomic mass is 35.5. The standard InChI is InChI=1S/C16H16ClN3/c1-10-4-5-11(2)14(8-10)20-15(9-17)19-13-7-6-12(3)18-16(13)20/h4-8H,9H2,1-3H3. The number of halogens is 1. The molecule has 0 bridgehead atoms. The molecule has 2 aromatic heterocycles. The van der Waals surface area contributed by atoms with Crippen LogP contribution in [0.1, 0.15) is 22.6 Å². The molecule has 1 aromatic carbocycles. The zero-order chi connectivity index (χ0) is 14.3. The number of hydrogen-bond acceptors (Lipinski definition) is 2. The molecule has 20 heavy (non-hydrogen) atoms. The van der Waals surface area contributed by atoms with Crippen LogP contribution < -0.4 is 0 Å². The van der Waals surface area contributed by atoms with Crippen LogP contribution >= 0.6 is 11.6 Å². The quantitative estimate of drug-likeness (QED) is 0.664. The first-order valence-corrected chi connectivity index (χ1v) is 7.12. The number of imidazole rings is 1. The third-order valence-corrected chi connectivity index (χ3v) is 3.68. The summed E-state index contributed by atoms with van der Waals surface area (Å²) in [5, 5.41) is 0. The van der Waals surface area contributed by atoms with E-state index in [-0.39, 0.29) is 0 Å². The van der Waals surface area contributed by atoms with Gasteiger partial charge in [0.15, 0.2) is 5.65 Å². The highest BCUT2D eigenvalue weighted by Gasteiger charge is 2.14. The number of hydrogen-bond donors (Lipinski definition) is 0. The molecule has 2 heterocycles. The van der Waals surface area contributed by atoms with Gasteiger partial charge < -0.3 is 0 Å². The summed E-state index contributed by atoms with van der Waals surface area (Å²) >= 11 is 6.07. The van der Waals surface area contributed by atoms with Crippen molar-refractivity contribution in [1.82, 2.24) is 14.5 Å². The summed E-state index contributed by atoms with van der Waals surface area (Å²) in [6.45, 7) is 6.16. The van der Waals surface area contributed by atoms with Gasteiger partial charge in [-0.1, -0.05) is 12.1 Å². The van der Waals surface area contributed by atoms with Gasteiger partial charge in [0, 0.05) is 5.69 Å². The molecule has 102 valence electrons. The summed E-state index contributed by atoms with van der Waals surface area (Å²) < 4.78 is 2.07. The molecule has 0 atom stereocenters. The lowest BCUT2D eigenvalue weighted by atomic mass is 10.1. The zero-order valence-electron chi connectivity index (χ0n) is 11.8. The minimum Gasteiger partial charge on any atom is -0.279 e. The second-order valence-electron chi connectivity index (χ2n) is 5.08. The lowest BCUT2D eigenvalue weighted by Gasteiger charge is -2.11. The Balaban J connectivity index is 2.39. The van der Waals surface area contributed by atoms with Crippen molar-refractivity contribution in [3.05, 3.63) is 53.0 Å². The Kier molecular flexibility index (Phi) is 3.22. The maximum Gasteiger partial charge on any atom is 0.164 e. The SMILES string of the molecule is Cc1ccc(C)c(-n2c(CCl)nc3ccc(C)nc32)c1. The van der Waals surface area contributed by atoms with Gasteiger partial charge >= 0.3 is 0 Å². The van der Waals surface area contributed by atoms with Gasteiger partial charge in [0.1, 0.15) is 11.3 Å². The Labute approximate surface area is 123 Å². The number of nitrogens with zero attached hydrogens (tertiary/aromatic N) is 3. The molecule has 0 radical (unpaired) electrons. The molecule has 0 saturated carbocycles. The van der Waals surface area contributed by atoms with Crippen LogP contribution in [-0.2, 0) is 5.88 Å². The van der Waals surface area contributed by atoms with Crippen molar-refractivity contribution in [2.45, 2.75) is 26.7 Å². The molecule has 0 saturated heterocycles. The van der Waals surface area contributed by atoms with Crippen LogP contribution in [0.2, 0.25) is 0 Å². The van der Waals surface area contributed by atoms with Gasteiger partial charge in [-0.2, -0.15) is 0 Å². The maximum absolute atomic E-state index is 6.07. The van der Waals surface area contributed by atoms with Crippen LogP contribution in [0.5, 0.6) is 0 Å². The summed E-state index contributed by atoms with van der Waals surface area (Å²) in [7, 11) is 0. The summed E-state index contributed by atoms with van der Waals surface area (Å²) in [6.07, 6.45) is 0. The van der Waals surface area contributed by atoms with E-state index in [0.717, 1.165) is 28.4 Å². The monoisotopic (exact) mass is 285 g/mol. The fraction of sp³-hybridized carbons (Fsp3) is 0.250. The lowest BCUT2D eigenvalue weighted by Crippen LogP contribution is -2.03. The molecule has 3 nitrogen and oxygen atoms in total. The lowest BCUT2D eigenvalue weighted by molar-refractivity contribution is 0.955. The fourth-order valence-electron chi connectivity index (χ4n) is 2.40. The highest BCUT2D eigenvalue weighted by molar-refractivity contribution is 6.16. The minimum absolute atomic E-state index is 0.364. The van der Waals surface area contributed by atoms with E-state index in [2.05, 4.69) is 46.6 Å². The largest absolute Gasteiger partial charge is 0.279 e. The number of rotatable bonds is 2. The number of fused-ring (bicyclic) bond motifs is 1. The number of alkyl halides is 1. The minimum atomic E-state index is 0.364. The molecule has 0 N–H and O–H groups in total. The van der Waals surface area contributed by atoms with Crippen molar-refractivity contribution in [3.8, 4) is 5.69 Å². The van der Waals surface area contributed by atoms with Crippen LogP contribution in [0.15, 0.2) is 30.3 Å². The molecular weight excluding hydrogens is 270 g/mol. The van der Waals surface area contributed by atoms with Crippen molar-refractivity contribution in [2.75, 3.05) is 0 Å². The Hall–Kier alpha value is -1.87. The van der Waals surface area contributed by atoms with Crippen molar-refractivity contribution in [2.24, 2.45) is 0 Å². The average Bonchev–Trinajstić information content (AvgIpc) is 2.79. The Morgan fingerprint density at radius 2 is 1.85 bits per heavy atom. The van der Waals surface area contributed by atoms with Crippen LogP contribution in [0.3, 0.4) is 0 Å². The van der Waals surface area contributed by atoms with Gasteiger partial charge in [0.25, 0.3) is 0 Å². The van der Waals surface area contributed by atoms with Gasteiger partial charge in [-0.05, 0) is 50.1 Å². The van der Waals surface area contributed by atoms with Crippen molar-refractivity contribution in [1.29, 1.82) is 0 Å². The summed E-state index contributed by atoms with van der Waals surface area (Å²) in [6, 6.07) is 10.3. The van der Waals surface area contributed by atoms with Crippen LogP contribution in [-0.4, -0.2) is 14.5 Å². The third-order valence-electron chi connectivity index (χ3n) is 3.44. The molecule has 0 aliphatic carbocycles. The first kappa shape index (κ1) is 13.1. The number of benzene rings is 1. The predicted molar refractivity (Wildman–Crippen MR) is 82.6 cm³/mol. The second-order valence-corrected chi connectivity index (χ2v) is 5.35. The van der Waals surface area contributed by atoms with Crippen LogP contribution in [0.25, 0.3) is 16.9 Å². The first-order chi connectivity index (χ1) is 9.60. The van der Waals surface area contributed by atoms with E-state index in [1.807, 2.05) is 19.1 Å². The Bertz CT molecular complexity index is 790. The molecule has 0 aliphatic rings. The summed E-state index contributed by atoms with van der Waals surface area (Å²) in [5.41, 5.74) is 6.22. The van der Waals surface area contributed by atoms with Gasteiger partial charge in [-0.3, -0.25) is 4.57 Å². The molecule has 3 aromatic rings. The molecule has 0 fully saturated rings. The van der Waals surface area contributed by atoms with E-state index in [9.17, 15) is 0 Å². The zero-order valence-corrected chi connectivity index (χ0v) is 12.6. The van der Waals surface area contributed by atoms with E-state index >= 15 is 0 Å². The van der Waals surface area contributed by atoms with E-state index in [1.54, 1.807) is 0 Å². The van der Waals surface area contributed by atoms with E-state index in [0.29, 0.717) is 5.88 Å². The van der Waals surface area contributed by atoms with Crippen molar-refractivity contribution in [3.63, 3.8) is 0 Å². The highest BCUT2D eigenvalue weighted by Crippen LogP contribution is 2.24.